The first kappa shape index (κ1) is 16.6. The molecule has 0 bridgehead atoms. The predicted octanol–water partition coefficient (Wildman–Crippen LogP) is 3.43. The number of carbonyl (C=O) groups is 2. The molecule has 1 unspecified atom stereocenters. The Bertz CT molecular complexity index is 856. The van der Waals surface area contributed by atoms with Crippen molar-refractivity contribution in [2.75, 3.05) is 6.54 Å². The number of aliphatic hydroxyl groups is 1. The predicted molar refractivity (Wildman–Crippen MR) is 92.0 cm³/mol. The highest BCUT2D eigenvalue weighted by molar-refractivity contribution is 6.46. The Morgan fingerprint density at radius 2 is 1.76 bits per heavy atom. The van der Waals surface area contributed by atoms with Crippen LogP contribution in [-0.4, -0.2) is 28.2 Å². The van der Waals surface area contributed by atoms with E-state index in [-0.39, 0.29) is 17.9 Å². The van der Waals surface area contributed by atoms with Crippen LogP contribution in [0.4, 0.5) is 4.39 Å². The van der Waals surface area contributed by atoms with Crippen molar-refractivity contribution in [3.63, 3.8) is 0 Å². The quantitative estimate of drug-likeness (QED) is 0.402. The Morgan fingerprint density at radius 3 is 2.36 bits per heavy atom. The summed E-state index contributed by atoms with van der Waals surface area (Å²) in [6, 6.07) is 13.3. The molecule has 3 rings (SSSR count). The highest BCUT2D eigenvalue weighted by Crippen LogP contribution is 2.39. The zero-order valence-corrected chi connectivity index (χ0v) is 13.4. The molecule has 25 heavy (non-hydrogen) atoms. The molecule has 126 valence electrons. The number of ketones is 1. The Kier molecular flexibility index (Phi) is 4.48. The minimum absolute atomic E-state index is 0.00958. The van der Waals surface area contributed by atoms with E-state index in [1.54, 1.807) is 30.3 Å². The Morgan fingerprint density at radius 1 is 1.12 bits per heavy atom. The molecule has 1 amide bonds. The van der Waals surface area contributed by atoms with Gasteiger partial charge in [-0.1, -0.05) is 48.5 Å². The molecule has 2 aromatic carbocycles. The maximum absolute atomic E-state index is 13.3. The van der Waals surface area contributed by atoms with Gasteiger partial charge < -0.3 is 10.0 Å². The maximum atomic E-state index is 13.3. The Hall–Kier alpha value is -3.21. The van der Waals surface area contributed by atoms with Crippen LogP contribution in [0, 0.1) is 5.82 Å². The van der Waals surface area contributed by atoms with Crippen LogP contribution >= 0.6 is 0 Å². The molecule has 1 aliphatic rings. The van der Waals surface area contributed by atoms with Crippen molar-refractivity contribution >= 4 is 17.4 Å². The van der Waals surface area contributed by atoms with E-state index in [1.807, 2.05) is 0 Å². The third kappa shape index (κ3) is 2.96. The topological polar surface area (TPSA) is 57.6 Å². The smallest absolute Gasteiger partial charge is 0.295 e. The fourth-order valence-corrected chi connectivity index (χ4v) is 2.95. The number of likely N-dealkylation sites (tertiary alicyclic amines) is 1. The van der Waals surface area contributed by atoms with Gasteiger partial charge in [-0.15, -0.1) is 6.58 Å². The fraction of sp³-hybridized carbons (Fsp3) is 0.100. The lowest BCUT2D eigenvalue weighted by Crippen LogP contribution is -2.29. The first-order valence-corrected chi connectivity index (χ1v) is 7.74. The van der Waals surface area contributed by atoms with Gasteiger partial charge in [0.05, 0.1) is 11.6 Å². The molecule has 1 aliphatic heterocycles. The number of rotatable bonds is 4. The van der Waals surface area contributed by atoms with Gasteiger partial charge in [0.2, 0.25) is 0 Å². The second kappa shape index (κ2) is 6.73. The zero-order valence-electron chi connectivity index (χ0n) is 13.4. The van der Waals surface area contributed by atoms with E-state index in [9.17, 15) is 19.1 Å². The maximum Gasteiger partial charge on any atom is 0.295 e. The summed E-state index contributed by atoms with van der Waals surface area (Å²) < 4.78 is 13.3. The van der Waals surface area contributed by atoms with Crippen molar-refractivity contribution in [3.8, 4) is 0 Å². The van der Waals surface area contributed by atoms with Crippen molar-refractivity contribution in [2.45, 2.75) is 6.04 Å². The summed E-state index contributed by atoms with van der Waals surface area (Å²) in [6.07, 6.45) is 1.50. The monoisotopic (exact) mass is 337 g/mol. The Balaban J connectivity index is 2.19. The van der Waals surface area contributed by atoms with Crippen LogP contribution in [0.5, 0.6) is 0 Å². The van der Waals surface area contributed by atoms with Gasteiger partial charge in [0.25, 0.3) is 11.7 Å². The summed E-state index contributed by atoms with van der Waals surface area (Å²) in [5, 5.41) is 10.7. The molecule has 1 atom stereocenters. The molecule has 0 saturated carbocycles. The third-order valence-electron chi connectivity index (χ3n) is 4.10. The highest BCUT2D eigenvalue weighted by Gasteiger charge is 2.45. The molecule has 0 aromatic heterocycles. The largest absolute Gasteiger partial charge is 0.507 e. The molecule has 5 heteroatoms. The summed E-state index contributed by atoms with van der Waals surface area (Å²) in [5.41, 5.74) is 0.968. The van der Waals surface area contributed by atoms with E-state index < -0.39 is 23.5 Å². The summed E-state index contributed by atoms with van der Waals surface area (Å²) in [6.45, 7) is 3.75. The summed E-state index contributed by atoms with van der Waals surface area (Å²) in [5.74, 6) is -2.16. The van der Waals surface area contributed by atoms with Crippen molar-refractivity contribution in [2.24, 2.45) is 0 Å². The molecule has 2 aromatic rings. The van der Waals surface area contributed by atoms with Crippen LogP contribution in [0.2, 0.25) is 0 Å². The number of amides is 1. The Labute approximate surface area is 144 Å². The van der Waals surface area contributed by atoms with Crippen LogP contribution in [0.25, 0.3) is 5.76 Å². The molecule has 1 saturated heterocycles. The van der Waals surface area contributed by atoms with Gasteiger partial charge in [-0.3, -0.25) is 9.59 Å². The first-order chi connectivity index (χ1) is 12.0. The number of benzene rings is 2. The molecular formula is C20H16FNO3. The average Bonchev–Trinajstić information content (AvgIpc) is 2.88. The number of nitrogens with zero attached hydrogens (tertiary/aromatic N) is 1. The second-order valence-electron chi connectivity index (χ2n) is 5.66. The summed E-state index contributed by atoms with van der Waals surface area (Å²) in [4.78, 5) is 26.3. The summed E-state index contributed by atoms with van der Waals surface area (Å²) in [7, 11) is 0. The zero-order chi connectivity index (χ0) is 18.0. The average molecular weight is 337 g/mol. The molecule has 0 radical (unpaired) electrons. The van der Waals surface area contributed by atoms with Crippen LogP contribution in [0.15, 0.2) is 72.8 Å². The van der Waals surface area contributed by atoms with Crippen LogP contribution in [0.1, 0.15) is 17.2 Å². The van der Waals surface area contributed by atoms with Crippen molar-refractivity contribution in [1.82, 2.24) is 4.90 Å². The van der Waals surface area contributed by atoms with Gasteiger partial charge in [-0.25, -0.2) is 4.39 Å². The molecule has 0 spiro atoms. The van der Waals surface area contributed by atoms with E-state index in [1.165, 1.54) is 35.2 Å². The standard InChI is InChI=1S/C20H16FNO3/c1-2-12-22-17(13-8-10-15(21)11-9-13)16(19(24)20(22)25)18(23)14-6-4-3-5-7-14/h2-11,17,23H,1,12H2. The van der Waals surface area contributed by atoms with E-state index >= 15 is 0 Å². The van der Waals surface area contributed by atoms with Gasteiger partial charge in [-0.2, -0.15) is 0 Å². The van der Waals surface area contributed by atoms with Gasteiger partial charge in [-0.05, 0) is 17.7 Å². The molecule has 4 nitrogen and oxygen atoms in total. The van der Waals surface area contributed by atoms with E-state index in [2.05, 4.69) is 6.58 Å². The third-order valence-corrected chi connectivity index (χ3v) is 4.10. The summed E-state index contributed by atoms with van der Waals surface area (Å²) >= 11 is 0. The van der Waals surface area contributed by atoms with Crippen molar-refractivity contribution in [1.29, 1.82) is 0 Å². The van der Waals surface area contributed by atoms with Crippen molar-refractivity contribution < 1.29 is 19.1 Å². The number of Topliss-reactive ketones (excluding diaryl/α,β-unsaturated/α-hetero) is 1. The minimum Gasteiger partial charge on any atom is -0.507 e. The lowest BCUT2D eigenvalue weighted by Gasteiger charge is -2.24. The molecule has 0 aliphatic carbocycles. The van der Waals surface area contributed by atoms with Crippen LogP contribution in [-0.2, 0) is 9.59 Å². The number of hydrogen-bond donors (Lipinski definition) is 1. The van der Waals surface area contributed by atoms with E-state index in [0.717, 1.165) is 0 Å². The van der Waals surface area contributed by atoms with Gasteiger partial charge in [0.15, 0.2) is 0 Å². The lowest BCUT2D eigenvalue weighted by atomic mass is 9.95. The fourth-order valence-electron chi connectivity index (χ4n) is 2.95. The van der Waals surface area contributed by atoms with Crippen molar-refractivity contribution in [3.05, 3.63) is 89.8 Å². The van der Waals surface area contributed by atoms with Gasteiger partial charge >= 0.3 is 0 Å². The minimum atomic E-state index is -0.793. The van der Waals surface area contributed by atoms with Crippen LogP contribution in [0.3, 0.4) is 0 Å². The highest BCUT2D eigenvalue weighted by atomic mass is 19.1. The molecule has 1 N–H and O–H groups in total. The number of aliphatic hydroxyl groups excluding tert-OH is 1. The normalized spacial score (nSPS) is 19.2. The number of carbonyl (C=O) groups excluding carboxylic acids is 2. The van der Waals surface area contributed by atoms with E-state index in [0.29, 0.717) is 11.1 Å². The SMILES string of the molecule is C=CCN1C(=O)C(=O)C(=C(O)c2ccccc2)C1c1ccc(F)cc1. The number of hydrogen-bond acceptors (Lipinski definition) is 3. The van der Waals surface area contributed by atoms with E-state index in [4.69, 9.17) is 0 Å². The first-order valence-electron chi connectivity index (χ1n) is 7.74. The number of halogens is 1. The van der Waals surface area contributed by atoms with Crippen LogP contribution < -0.4 is 0 Å². The van der Waals surface area contributed by atoms with Gasteiger partial charge in [0, 0.05) is 12.1 Å². The lowest BCUT2D eigenvalue weighted by molar-refractivity contribution is -0.139. The second-order valence-corrected chi connectivity index (χ2v) is 5.66. The molecular weight excluding hydrogens is 321 g/mol. The molecule has 1 fully saturated rings. The van der Waals surface area contributed by atoms with Gasteiger partial charge in [0.1, 0.15) is 11.6 Å². The molecule has 1 heterocycles.